The fourth-order valence-corrected chi connectivity index (χ4v) is 3.53. The molecule has 0 aliphatic rings. The van der Waals surface area contributed by atoms with Gasteiger partial charge in [0.15, 0.2) is 0 Å². The Morgan fingerprint density at radius 2 is 2.00 bits per heavy atom. The Morgan fingerprint density at radius 1 is 1.15 bits per heavy atom. The molecule has 0 aliphatic carbocycles. The molecule has 9 heteroatoms. The second-order valence-corrected chi connectivity index (χ2v) is 7.67. The van der Waals surface area contributed by atoms with E-state index in [1.54, 1.807) is 4.52 Å². The molecule has 0 saturated heterocycles. The van der Waals surface area contributed by atoms with Crippen LogP contribution in [0.5, 0.6) is 0 Å². The largest absolute Gasteiger partial charge is 0.420 e. The number of aryl methyl sites for hydroxylation is 2. The van der Waals surface area contributed by atoms with Crippen LogP contribution in [0.1, 0.15) is 22.8 Å². The molecule has 4 rings (SSSR count). The zero-order valence-corrected chi connectivity index (χ0v) is 16.8. The maximum absolute atomic E-state index is 5.74. The molecule has 0 N–H and O–H groups in total. The molecule has 7 nitrogen and oxygen atoms in total. The Bertz CT molecular complexity index is 1110. The number of aromatic nitrogens is 6. The number of nitrogens with zero attached hydrogens (tertiary/aromatic N) is 6. The quantitative estimate of drug-likeness (QED) is 0.449. The molecule has 0 radical (unpaired) electrons. The third kappa shape index (κ3) is 3.24. The van der Waals surface area contributed by atoms with Crippen LogP contribution in [0, 0.1) is 20.8 Å². The van der Waals surface area contributed by atoms with E-state index in [0.717, 1.165) is 27.0 Å². The summed E-state index contributed by atoms with van der Waals surface area (Å²) >= 11 is 4.88. The van der Waals surface area contributed by atoms with Gasteiger partial charge in [0.2, 0.25) is 16.9 Å². The van der Waals surface area contributed by atoms with Crippen molar-refractivity contribution in [1.29, 1.82) is 0 Å². The lowest BCUT2D eigenvalue weighted by Gasteiger charge is -2.04. The number of hydrogen-bond donors (Lipinski definition) is 0. The predicted octanol–water partition coefficient (Wildman–Crippen LogP) is 4.15. The highest BCUT2D eigenvalue weighted by atomic mass is 79.9. The first-order valence-electron chi connectivity index (χ1n) is 7.93. The van der Waals surface area contributed by atoms with Crippen LogP contribution < -0.4 is 0 Å². The monoisotopic (exact) mass is 430 g/mol. The van der Waals surface area contributed by atoms with Crippen LogP contribution >= 0.6 is 27.7 Å². The number of halogens is 1. The summed E-state index contributed by atoms with van der Waals surface area (Å²) in [5.74, 6) is 2.12. The molecule has 0 bridgehead atoms. The van der Waals surface area contributed by atoms with Crippen molar-refractivity contribution in [3.63, 3.8) is 0 Å². The summed E-state index contributed by atoms with van der Waals surface area (Å²) < 4.78 is 8.47. The minimum Gasteiger partial charge on any atom is -0.420 e. The van der Waals surface area contributed by atoms with Gasteiger partial charge < -0.3 is 4.42 Å². The molecule has 0 aliphatic heterocycles. The lowest BCUT2D eigenvalue weighted by atomic mass is 10.2. The molecule has 26 heavy (non-hydrogen) atoms. The van der Waals surface area contributed by atoms with Crippen LogP contribution in [0.25, 0.3) is 17.2 Å². The Hall–Kier alpha value is -2.26. The SMILES string of the molecule is Cc1nc2nc(SCc3nnc(-c4cccc(Br)c4)o3)nn2c(C)c1C. The Morgan fingerprint density at radius 3 is 2.81 bits per heavy atom. The minimum atomic E-state index is 0.494. The molecule has 3 aromatic heterocycles. The average molecular weight is 431 g/mol. The van der Waals surface area contributed by atoms with Gasteiger partial charge in [0.1, 0.15) is 0 Å². The van der Waals surface area contributed by atoms with Crippen LogP contribution in [-0.2, 0) is 5.75 Å². The van der Waals surface area contributed by atoms with E-state index in [0.29, 0.717) is 28.5 Å². The van der Waals surface area contributed by atoms with Crippen molar-refractivity contribution in [2.24, 2.45) is 0 Å². The maximum atomic E-state index is 5.74. The van der Waals surface area contributed by atoms with E-state index in [-0.39, 0.29) is 0 Å². The molecule has 4 aromatic rings. The van der Waals surface area contributed by atoms with Crippen molar-refractivity contribution >= 4 is 33.5 Å². The number of thioether (sulfide) groups is 1. The maximum Gasteiger partial charge on any atom is 0.253 e. The molecule has 0 atom stereocenters. The van der Waals surface area contributed by atoms with E-state index in [4.69, 9.17) is 4.42 Å². The van der Waals surface area contributed by atoms with Crippen LogP contribution in [0.2, 0.25) is 0 Å². The van der Waals surface area contributed by atoms with Gasteiger partial charge >= 0.3 is 0 Å². The molecular formula is C17H15BrN6OS. The second-order valence-electron chi connectivity index (χ2n) is 5.81. The summed E-state index contributed by atoms with van der Waals surface area (Å²) in [4.78, 5) is 8.96. The summed E-state index contributed by atoms with van der Waals surface area (Å²) in [7, 11) is 0. The lowest BCUT2D eigenvalue weighted by Crippen LogP contribution is -2.02. The van der Waals surface area contributed by atoms with Gasteiger partial charge in [-0.15, -0.1) is 15.3 Å². The van der Waals surface area contributed by atoms with Crippen LogP contribution in [0.15, 0.2) is 38.3 Å². The van der Waals surface area contributed by atoms with Gasteiger partial charge in [0, 0.05) is 21.4 Å². The minimum absolute atomic E-state index is 0.494. The van der Waals surface area contributed by atoms with Crippen molar-refractivity contribution in [2.75, 3.05) is 0 Å². The second kappa shape index (κ2) is 6.81. The Labute approximate surface area is 162 Å². The van der Waals surface area contributed by atoms with Crippen LogP contribution in [0.3, 0.4) is 0 Å². The van der Waals surface area contributed by atoms with Crippen molar-refractivity contribution in [2.45, 2.75) is 31.7 Å². The summed E-state index contributed by atoms with van der Waals surface area (Å²) in [6, 6.07) is 7.74. The van der Waals surface area contributed by atoms with Gasteiger partial charge in [0.05, 0.1) is 5.75 Å². The smallest absolute Gasteiger partial charge is 0.253 e. The first-order valence-corrected chi connectivity index (χ1v) is 9.71. The van der Waals surface area contributed by atoms with E-state index < -0.39 is 0 Å². The number of hydrogen-bond acceptors (Lipinski definition) is 7. The molecular weight excluding hydrogens is 416 g/mol. The van der Waals surface area contributed by atoms with Crippen molar-refractivity contribution in [3.05, 3.63) is 51.6 Å². The molecule has 1 aromatic carbocycles. The molecule has 3 heterocycles. The first-order chi connectivity index (χ1) is 12.5. The van der Waals surface area contributed by atoms with E-state index in [1.807, 2.05) is 45.0 Å². The fourth-order valence-electron chi connectivity index (χ4n) is 2.47. The summed E-state index contributed by atoms with van der Waals surface area (Å²) in [6.07, 6.45) is 0. The van der Waals surface area contributed by atoms with Gasteiger partial charge in [-0.1, -0.05) is 33.8 Å². The van der Waals surface area contributed by atoms with Gasteiger partial charge in [-0.05, 0) is 44.5 Å². The first kappa shape index (κ1) is 17.2. The zero-order chi connectivity index (χ0) is 18.3. The van der Waals surface area contributed by atoms with E-state index in [2.05, 4.69) is 41.2 Å². The van der Waals surface area contributed by atoms with Crippen LogP contribution in [0.4, 0.5) is 0 Å². The van der Waals surface area contributed by atoms with Gasteiger partial charge in [-0.3, -0.25) is 0 Å². The van der Waals surface area contributed by atoms with Gasteiger partial charge in [0.25, 0.3) is 5.78 Å². The summed E-state index contributed by atoms with van der Waals surface area (Å²) in [5.41, 5.74) is 4.00. The normalized spacial score (nSPS) is 11.4. The predicted molar refractivity (Wildman–Crippen MR) is 102 cm³/mol. The van der Waals surface area contributed by atoms with Crippen LogP contribution in [-0.4, -0.2) is 29.8 Å². The fraction of sp³-hybridized carbons (Fsp3) is 0.235. The highest BCUT2D eigenvalue weighted by molar-refractivity contribution is 9.10. The molecule has 0 spiro atoms. The standard InChI is InChI=1S/C17H15BrN6OS/c1-9-10(2)19-16-20-17(23-24(16)11(9)3)26-8-14-21-22-15(25-14)12-5-4-6-13(18)7-12/h4-7H,8H2,1-3H3. The van der Waals surface area contributed by atoms with E-state index in [9.17, 15) is 0 Å². The number of rotatable bonds is 4. The third-order valence-electron chi connectivity index (χ3n) is 4.10. The summed E-state index contributed by atoms with van der Waals surface area (Å²) in [6.45, 7) is 6.03. The van der Waals surface area contributed by atoms with Crippen molar-refractivity contribution in [1.82, 2.24) is 29.8 Å². The highest BCUT2D eigenvalue weighted by Gasteiger charge is 2.14. The summed E-state index contributed by atoms with van der Waals surface area (Å²) in [5, 5.41) is 13.4. The number of fused-ring (bicyclic) bond motifs is 1. The topological polar surface area (TPSA) is 82.0 Å². The molecule has 0 amide bonds. The van der Waals surface area contributed by atoms with Crippen molar-refractivity contribution < 1.29 is 4.42 Å². The van der Waals surface area contributed by atoms with Gasteiger partial charge in [-0.25, -0.2) is 9.50 Å². The van der Waals surface area contributed by atoms with Gasteiger partial charge in [-0.2, -0.15) is 4.98 Å². The lowest BCUT2D eigenvalue weighted by molar-refractivity contribution is 0.528. The van der Waals surface area contributed by atoms with E-state index >= 15 is 0 Å². The molecule has 0 fully saturated rings. The van der Waals surface area contributed by atoms with Crippen molar-refractivity contribution in [3.8, 4) is 11.5 Å². The Balaban J connectivity index is 1.53. The average Bonchev–Trinajstić information content (AvgIpc) is 3.25. The molecule has 0 unspecified atom stereocenters. The highest BCUT2D eigenvalue weighted by Crippen LogP contribution is 2.25. The third-order valence-corrected chi connectivity index (χ3v) is 5.42. The zero-order valence-electron chi connectivity index (χ0n) is 14.4. The molecule has 132 valence electrons. The Kier molecular flexibility index (Phi) is 4.49. The van der Waals surface area contributed by atoms with E-state index in [1.165, 1.54) is 11.8 Å². The number of benzene rings is 1. The molecule has 0 saturated carbocycles.